The lowest BCUT2D eigenvalue weighted by Crippen LogP contribution is -2.69. The predicted molar refractivity (Wildman–Crippen MR) is 85.1 cm³/mol. The van der Waals surface area contributed by atoms with Gasteiger partial charge in [0.25, 0.3) is 0 Å². The minimum absolute atomic E-state index is 0.000383. The number of hydrogen-bond acceptors (Lipinski definition) is 4. The summed E-state index contributed by atoms with van der Waals surface area (Å²) < 4.78 is 26.4. The molecule has 0 saturated carbocycles. The third kappa shape index (κ3) is 2.57. The van der Waals surface area contributed by atoms with Crippen LogP contribution in [0, 0.1) is 11.6 Å². The molecule has 5 nitrogen and oxygen atoms in total. The molecule has 0 unspecified atom stereocenters. The number of benzene rings is 1. The summed E-state index contributed by atoms with van der Waals surface area (Å²) in [4.78, 5) is 30.6. The van der Waals surface area contributed by atoms with Crippen molar-refractivity contribution in [2.45, 2.75) is 18.6 Å². The zero-order chi connectivity index (χ0) is 16.8. The Kier molecular flexibility index (Phi) is 3.96. The van der Waals surface area contributed by atoms with Crippen LogP contribution in [-0.4, -0.2) is 69.9 Å². The van der Waals surface area contributed by atoms with E-state index in [0.29, 0.717) is 43.4 Å². The van der Waals surface area contributed by atoms with E-state index in [-0.39, 0.29) is 17.9 Å². The van der Waals surface area contributed by atoms with Gasteiger partial charge in [-0.15, -0.1) is 11.8 Å². The molecule has 3 saturated heterocycles. The van der Waals surface area contributed by atoms with Gasteiger partial charge >= 0.3 is 0 Å². The summed E-state index contributed by atoms with van der Waals surface area (Å²) in [6.07, 6.45) is 0. The standard InChI is InChI=1S/C16H17F2N3O2S/c17-11-2-1-10(5-12(11)18)6-19-3-4-20-13(7-19)15(22)21-9-24-8-14(21)16(20)23/h1-2,5,13-14H,3-4,6-9H2/t13-,14+/m1/s1. The van der Waals surface area contributed by atoms with Gasteiger partial charge in [-0.3, -0.25) is 14.5 Å². The lowest BCUT2D eigenvalue weighted by molar-refractivity contribution is -0.162. The molecule has 1 aromatic rings. The van der Waals surface area contributed by atoms with Crippen LogP contribution in [0.3, 0.4) is 0 Å². The second-order valence-corrected chi connectivity index (χ2v) is 7.35. The average molecular weight is 353 g/mol. The first-order valence-electron chi connectivity index (χ1n) is 7.89. The molecule has 0 aliphatic carbocycles. The second kappa shape index (κ2) is 6.00. The number of piperazine rings is 2. The first-order chi connectivity index (χ1) is 11.5. The highest BCUT2D eigenvalue weighted by Gasteiger charge is 2.49. The Balaban J connectivity index is 1.49. The lowest BCUT2D eigenvalue weighted by Gasteiger charge is -2.47. The number of halogens is 2. The van der Waals surface area contributed by atoms with Gasteiger partial charge in [0, 0.05) is 31.9 Å². The number of amides is 2. The highest BCUT2D eigenvalue weighted by Crippen LogP contribution is 2.30. The highest BCUT2D eigenvalue weighted by atomic mass is 32.2. The number of hydrogen-bond donors (Lipinski definition) is 0. The Morgan fingerprint density at radius 2 is 1.83 bits per heavy atom. The molecule has 3 heterocycles. The molecular weight excluding hydrogens is 336 g/mol. The van der Waals surface area contributed by atoms with Crippen LogP contribution in [0.2, 0.25) is 0 Å². The highest BCUT2D eigenvalue weighted by molar-refractivity contribution is 7.99. The van der Waals surface area contributed by atoms with E-state index in [1.54, 1.807) is 27.6 Å². The van der Waals surface area contributed by atoms with Crippen molar-refractivity contribution < 1.29 is 18.4 Å². The van der Waals surface area contributed by atoms with Crippen LogP contribution >= 0.6 is 11.8 Å². The van der Waals surface area contributed by atoms with Gasteiger partial charge < -0.3 is 9.80 Å². The summed E-state index contributed by atoms with van der Waals surface area (Å²) in [5, 5.41) is 0. The van der Waals surface area contributed by atoms with Crippen molar-refractivity contribution in [2.75, 3.05) is 31.3 Å². The first kappa shape index (κ1) is 15.8. The van der Waals surface area contributed by atoms with Crippen LogP contribution in [-0.2, 0) is 16.1 Å². The number of thioether (sulfide) groups is 1. The molecule has 0 radical (unpaired) electrons. The molecule has 3 aliphatic heterocycles. The van der Waals surface area contributed by atoms with Crippen molar-refractivity contribution >= 4 is 23.6 Å². The van der Waals surface area contributed by atoms with E-state index in [0.717, 1.165) is 6.07 Å². The number of carbonyl (C=O) groups is 2. The minimum Gasteiger partial charge on any atom is -0.326 e. The molecule has 2 atom stereocenters. The normalized spacial score (nSPS) is 27.4. The smallest absolute Gasteiger partial charge is 0.248 e. The quantitative estimate of drug-likeness (QED) is 0.792. The molecule has 0 N–H and O–H groups in total. The van der Waals surface area contributed by atoms with Crippen molar-refractivity contribution in [3.8, 4) is 0 Å². The Hall–Kier alpha value is -1.67. The molecule has 8 heteroatoms. The van der Waals surface area contributed by atoms with Crippen molar-refractivity contribution in [1.82, 2.24) is 14.7 Å². The van der Waals surface area contributed by atoms with E-state index in [4.69, 9.17) is 0 Å². The van der Waals surface area contributed by atoms with Gasteiger partial charge in [0.15, 0.2) is 11.6 Å². The van der Waals surface area contributed by atoms with Gasteiger partial charge in [0.2, 0.25) is 11.8 Å². The van der Waals surface area contributed by atoms with E-state index < -0.39 is 17.7 Å². The fraction of sp³-hybridized carbons (Fsp3) is 0.500. The summed E-state index contributed by atoms with van der Waals surface area (Å²) >= 11 is 1.61. The zero-order valence-electron chi connectivity index (χ0n) is 13.0. The molecule has 0 aromatic heterocycles. The van der Waals surface area contributed by atoms with E-state index >= 15 is 0 Å². The van der Waals surface area contributed by atoms with Gasteiger partial charge in [-0.05, 0) is 17.7 Å². The van der Waals surface area contributed by atoms with Crippen LogP contribution < -0.4 is 0 Å². The summed E-state index contributed by atoms with van der Waals surface area (Å²) in [6, 6.07) is 3.07. The van der Waals surface area contributed by atoms with Gasteiger partial charge in [-0.1, -0.05) is 6.07 Å². The second-order valence-electron chi connectivity index (χ2n) is 6.35. The summed E-state index contributed by atoms with van der Waals surface area (Å²) in [5.74, 6) is -0.451. The van der Waals surface area contributed by atoms with Crippen LogP contribution in [0.15, 0.2) is 18.2 Å². The van der Waals surface area contributed by atoms with Gasteiger partial charge in [0.1, 0.15) is 12.1 Å². The number of rotatable bonds is 2. The van der Waals surface area contributed by atoms with Crippen LogP contribution in [0.25, 0.3) is 0 Å². The third-order valence-electron chi connectivity index (χ3n) is 4.87. The Morgan fingerprint density at radius 3 is 2.62 bits per heavy atom. The maximum absolute atomic E-state index is 13.4. The average Bonchev–Trinajstić information content (AvgIpc) is 3.06. The largest absolute Gasteiger partial charge is 0.326 e. The summed E-state index contributed by atoms with van der Waals surface area (Å²) in [5.41, 5.74) is 0.659. The molecule has 0 bridgehead atoms. The van der Waals surface area contributed by atoms with Crippen LogP contribution in [0.1, 0.15) is 5.56 Å². The van der Waals surface area contributed by atoms with Crippen molar-refractivity contribution in [3.05, 3.63) is 35.4 Å². The van der Waals surface area contributed by atoms with Gasteiger partial charge in [-0.25, -0.2) is 8.78 Å². The SMILES string of the molecule is O=C1[C@@H]2CSCN2C(=O)[C@H]2CN(Cc3ccc(F)c(F)c3)CCN12. The van der Waals surface area contributed by atoms with Crippen molar-refractivity contribution in [1.29, 1.82) is 0 Å². The lowest BCUT2D eigenvalue weighted by atomic mass is 10.0. The van der Waals surface area contributed by atoms with Crippen molar-refractivity contribution in [3.63, 3.8) is 0 Å². The number of nitrogens with zero attached hydrogens (tertiary/aromatic N) is 3. The Bertz CT molecular complexity index is 702. The van der Waals surface area contributed by atoms with Gasteiger partial charge in [-0.2, -0.15) is 0 Å². The number of fused-ring (bicyclic) bond motifs is 2. The maximum Gasteiger partial charge on any atom is 0.248 e. The number of carbonyl (C=O) groups excluding carboxylic acids is 2. The molecule has 2 amide bonds. The molecule has 1 aromatic carbocycles. The molecule has 3 aliphatic rings. The fourth-order valence-corrected chi connectivity index (χ4v) is 4.76. The van der Waals surface area contributed by atoms with Crippen molar-refractivity contribution in [2.24, 2.45) is 0 Å². The zero-order valence-corrected chi connectivity index (χ0v) is 13.8. The third-order valence-corrected chi connectivity index (χ3v) is 5.89. The summed E-state index contributed by atoms with van der Waals surface area (Å²) in [7, 11) is 0. The van der Waals surface area contributed by atoms with E-state index in [1.807, 2.05) is 4.90 Å². The van der Waals surface area contributed by atoms with E-state index in [2.05, 4.69) is 0 Å². The van der Waals surface area contributed by atoms with Gasteiger partial charge in [0.05, 0.1) is 5.88 Å². The molecule has 24 heavy (non-hydrogen) atoms. The first-order valence-corrected chi connectivity index (χ1v) is 9.05. The fourth-order valence-electron chi connectivity index (χ4n) is 3.60. The Labute approximate surface area is 142 Å². The molecular formula is C16H17F2N3O2S. The monoisotopic (exact) mass is 353 g/mol. The van der Waals surface area contributed by atoms with E-state index in [9.17, 15) is 18.4 Å². The topological polar surface area (TPSA) is 43.9 Å². The Morgan fingerprint density at radius 1 is 1.04 bits per heavy atom. The van der Waals surface area contributed by atoms with E-state index in [1.165, 1.54) is 6.07 Å². The molecule has 128 valence electrons. The summed E-state index contributed by atoms with van der Waals surface area (Å²) in [6.45, 7) is 1.97. The van der Waals surface area contributed by atoms with Crippen LogP contribution in [0.5, 0.6) is 0 Å². The molecule has 4 rings (SSSR count). The van der Waals surface area contributed by atoms with Crippen LogP contribution in [0.4, 0.5) is 8.78 Å². The molecule has 0 spiro atoms. The maximum atomic E-state index is 13.4. The predicted octanol–water partition coefficient (Wildman–Crippen LogP) is 0.893. The molecule has 3 fully saturated rings. The minimum atomic E-state index is -0.869.